The molecule has 1 heterocycles. The van der Waals surface area contributed by atoms with Gasteiger partial charge in [-0.3, -0.25) is 14.9 Å². The van der Waals surface area contributed by atoms with Gasteiger partial charge in [-0.25, -0.2) is 4.98 Å². The maximum atomic E-state index is 12.4. The molecule has 0 fully saturated rings. The molecule has 0 spiro atoms. The van der Waals surface area contributed by atoms with E-state index < -0.39 is 4.92 Å². The summed E-state index contributed by atoms with van der Waals surface area (Å²) in [5, 5.41) is 24.4. The summed E-state index contributed by atoms with van der Waals surface area (Å²) in [6, 6.07) is 12.2. The first-order chi connectivity index (χ1) is 13.8. The Labute approximate surface area is 171 Å². The monoisotopic (exact) mass is 406 g/mol. The summed E-state index contributed by atoms with van der Waals surface area (Å²) in [7, 11) is 0. The predicted octanol–water partition coefficient (Wildman–Crippen LogP) is 4.67. The van der Waals surface area contributed by atoms with E-state index in [1.807, 2.05) is 26.0 Å². The van der Waals surface area contributed by atoms with Crippen molar-refractivity contribution in [3.63, 3.8) is 0 Å². The highest BCUT2D eigenvalue weighted by molar-refractivity contribution is 8.00. The van der Waals surface area contributed by atoms with Gasteiger partial charge in [0.2, 0.25) is 5.91 Å². The lowest BCUT2D eigenvalue weighted by molar-refractivity contribution is -0.384. The van der Waals surface area contributed by atoms with E-state index in [4.69, 9.17) is 0 Å². The second kappa shape index (κ2) is 8.29. The summed E-state index contributed by atoms with van der Waals surface area (Å²) in [6.07, 6.45) is 0. The van der Waals surface area contributed by atoms with E-state index in [0.717, 1.165) is 22.0 Å². The number of hydrogen-bond acceptors (Lipinski definition) is 6. The Balaban J connectivity index is 1.77. The number of pyridine rings is 1. The molecule has 0 radical (unpaired) electrons. The largest absolute Gasteiger partial charge is 0.325 e. The summed E-state index contributed by atoms with van der Waals surface area (Å²) in [5.74, 6) is -0.215. The third kappa shape index (κ3) is 4.52. The number of rotatable bonds is 5. The van der Waals surface area contributed by atoms with Crippen molar-refractivity contribution in [1.82, 2.24) is 4.98 Å². The number of fused-ring (bicyclic) bond motifs is 1. The number of nitro benzene ring substituents is 1. The molecule has 1 N–H and O–H groups in total. The zero-order valence-corrected chi connectivity index (χ0v) is 17.0. The van der Waals surface area contributed by atoms with Crippen LogP contribution in [0.5, 0.6) is 0 Å². The van der Waals surface area contributed by atoms with Crippen LogP contribution < -0.4 is 5.32 Å². The summed E-state index contributed by atoms with van der Waals surface area (Å²) in [4.78, 5) is 27.3. The van der Waals surface area contributed by atoms with Gasteiger partial charge in [0, 0.05) is 23.2 Å². The van der Waals surface area contributed by atoms with E-state index in [1.165, 1.54) is 30.0 Å². The second-order valence-electron chi connectivity index (χ2n) is 6.70. The molecule has 8 heteroatoms. The zero-order chi connectivity index (χ0) is 21.1. The Hall–Kier alpha value is -3.44. The van der Waals surface area contributed by atoms with Crippen LogP contribution in [0, 0.1) is 42.2 Å². The molecule has 0 unspecified atom stereocenters. The van der Waals surface area contributed by atoms with E-state index >= 15 is 0 Å². The zero-order valence-electron chi connectivity index (χ0n) is 16.1. The molecule has 2 aromatic carbocycles. The molecular weight excluding hydrogens is 388 g/mol. The van der Waals surface area contributed by atoms with Crippen LogP contribution in [0.4, 0.5) is 11.4 Å². The molecule has 0 aliphatic carbocycles. The van der Waals surface area contributed by atoms with Gasteiger partial charge in [0.05, 0.1) is 21.8 Å². The van der Waals surface area contributed by atoms with Crippen LogP contribution in [0.2, 0.25) is 0 Å². The average Bonchev–Trinajstić information content (AvgIpc) is 2.67. The van der Waals surface area contributed by atoms with Crippen LogP contribution in [-0.4, -0.2) is 21.6 Å². The normalized spacial score (nSPS) is 10.6. The molecule has 7 nitrogen and oxygen atoms in total. The van der Waals surface area contributed by atoms with Gasteiger partial charge in [0.15, 0.2) is 0 Å². The number of carbonyl (C=O) groups excluding carboxylic acids is 1. The van der Waals surface area contributed by atoms with Gasteiger partial charge < -0.3 is 5.32 Å². The van der Waals surface area contributed by atoms with E-state index in [1.54, 1.807) is 13.0 Å². The number of anilines is 1. The number of amides is 1. The van der Waals surface area contributed by atoms with Crippen molar-refractivity contribution in [1.29, 1.82) is 5.26 Å². The summed E-state index contributed by atoms with van der Waals surface area (Å²) >= 11 is 1.19. The predicted molar refractivity (Wildman–Crippen MR) is 113 cm³/mol. The molecule has 1 aromatic heterocycles. The van der Waals surface area contributed by atoms with Crippen molar-refractivity contribution in [2.24, 2.45) is 0 Å². The number of nitrogens with one attached hydrogen (secondary N) is 1. The van der Waals surface area contributed by atoms with E-state index in [9.17, 15) is 20.2 Å². The molecule has 146 valence electrons. The fourth-order valence-corrected chi connectivity index (χ4v) is 3.80. The van der Waals surface area contributed by atoms with Gasteiger partial charge in [-0.05, 0) is 50.1 Å². The topological polar surface area (TPSA) is 109 Å². The first-order valence-corrected chi connectivity index (χ1v) is 9.77. The number of thioether (sulfide) groups is 1. The minimum absolute atomic E-state index is 0.0282. The lowest BCUT2D eigenvalue weighted by Gasteiger charge is -2.10. The van der Waals surface area contributed by atoms with Crippen LogP contribution in [0.3, 0.4) is 0 Å². The van der Waals surface area contributed by atoms with Crippen molar-refractivity contribution >= 4 is 39.9 Å². The van der Waals surface area contributed by atoms with Crippen LogP contribution >= 0.6 is 11.8 Å². The van der Waals surface area contributed by atoms with Crippen molar-refractivity contribution in [3.05, 3.63) is 68.8 Å². The highest BCUT2D eigenvalue weighted by Gasteiger charge is 2.14. The number of aryl methyl sites for hydroxylation is 3. The van der Waals surface area contributed by atoms with E-state index in [2.05, 4.69) is 16.4 Å². The van der Waals surface area contributed by atoms with E-state index in [0.29, 0.717) is 21.8 Å². The first kappa shape index (κ1) is 20.3. The summed E-state index contributed by atoms with van der Waals surface area (Å²) < 4.78 is 0. The maximum Gasteiger partial charge on any atom is 0.269 e. The van der Waals surface area contributed by atoms with Gasteiger partial charge in [-0.15, -0.1) is 0 Å². The molecule has 1 amide bonds. The maximum absolute atomic E-state index is 12.4. The van der Waals surface area contributed by atoms with Crippen molar-refractivity contribution in [2.45, 2.75) is 25.8 Å². The molecule has 0 atom stereocenters. The second-order valence-corrected chi connectivity index (χ2v) is 7.66. The Kier molecular flexibility index (Phi) is 5.80. The van der Waals surface area contributed by atoms with Gasteiger partial charge >= 0.3 is 0 Å². The SMILES string of the molecule is Cc1cc(C)c2nc(SCC(=O)Nc3ccc([N+](=O)[O-])cc3C)c(C#N)cc2c1. The number of aromatic nitrogens is 1. The molecule has 0 aliphatic rings. The lowest BCUT2D eigenvalue weighted by Crippen LogP contribution is -2.15. The van der Waals surface area contributed by atoms with Crippen LogP contribution in [-0.2, 0) is 4.79 Å². The van der Waals surface area contributed by atoms with E-state index in [-0.39, 0.29) is 17.3 Å². The Morgan fingerprint density at radius 3 is 2.62 bits per heavy atom. The fourth-order valence-electron chi connectivity index (χ4n) is 3.05. The summed E-state index contributed by atoms with van der Waals surface area (Å²) in [6.45, 7) is 5.65. The minimum Gasteiger partial charge on any atom is -0.325 e. The molecule has 0 aliphatic heterocycles. The number of nitrogens with zero attached hydrogens (tertiary/aromatic N) is 3. The number of hydrogen-bond donors (Lipinski definition) is 1. The third-order valence-corrected chi connectivity index (χ3v) is 5.36. The van der Waals surface area contributed by atoms with Gasteiger partial charge in [0.25, 0.3) is 5.69 Å². The van der Waals surface area contributed by atoms with Crippen molar-refractivity contribution in [2.75, 3.05) is 11.1 Å². The number of nitriles is 1. The summed E-state index contributed by atoms with van der Waals surface area (Å²) in [5.41, 5.74) is 4.43. The third-order valence-electron chi connectivity index (χ3n) is 4.37. The molecule has 3 rings (SSSR count). The van der Waals surface area contributed by atoms with Crippen LogP contribution in [0.15, 0.2) is 41.4 Å². The average molecular weight is 406 g/mol. The van der Waals surface area contributed by atoms with Gasteiger partial charge in [-0.2, -0.15) is 5.26 Å². The highest BCUT2D eigenvalue weighted by atomic mass is 32.2. The highest BCUT2D eigenvalue weighted by Crippen LogP contribution is 2.28. The molecule has 0 saturated carbocycles. The molecule has 29 heavy (non-hydrogen) atoms. The number of nitro groups is 1. The molecule has 0 saturated heterocycles. The molecule has 0 bridgehead atoms. The van der Waals surface area contributed by atoms with Gasteiger partial charge in [-0.1, -0.05) is 23.4 Å². The first-order valence-electron chi connectivity index (χ1n) is 8.78. The Morgan fingerprint density at radius 1 is 1.21 bits per heavy atom. The quantitative estimate of drug-likeness (QED) is 0.375. The lowest BCUT2D eigenvalue weighted by atomic mass is 10.1. The number of non-ortho nitro benzene ring substituents is 1. The number of benzene rings is 2. The fraction of sp³-hybridized carbons (Fsp3) is 0.190. The number of carbonyl (C=O) groups is 1. The standard InChI is InChI=1S/C21H18N4O3S/c1-12-6-14(3)20-15(7-12)9-16(10-22)21(24-20)29-11-19(26)23-18-5-4-17(25(27)28)8-13(18)2/h4-9H,11H2,1-3H3,(H,23,26). The van der Waals surface area contributed by atoms with Crippen LogP contribution in [0.25, 0.3) is 10.9 Å². The molecule has 3 aromatic rings. The van der Waals surface area contributed by atoms with Crippen LogP contribution in [0.1, 0.15) is 22.3 Å². The minimum atomic E-state index is -0.479. The Bertz CT molecular complexity index is 1180. The smallest absolute Gasteiger partial charge is 0.269 e. The molecular formula is C21H18N4O3S. The van der Waals surface area contributed by atoms with Gasteiger partial charge in [0.1, 0.15) is 11.1 Å². The Morgan fingerprint density at radius 2 is 1.97 bits per heavy atom. The van der Waals surface area contributed by atoms with Crippen molar-refractivity contribution < 1.29 is 9.72 Å². The van der Waals surface area contributed by atoms with Crippen molar-refractivity contribution in [3.8, 4) is 6.07 Å².